The topological polar surface area (TPSA) is 319 Å². The van der Waals surface area contributed by atoms with Gasteiger partial charge in [0.1, 0.15) is 48.8 Å². The number of hydrogen-bond acceptors (Lipinski definition) is 16. The number of halogens is 1. The number of rotatable bonds is 5. The number of nitrogens with zero attached hydrogens (tertiary/aromatic N) is 9. The van der Waals surface area contributed by atoms with Gasteiger partial charge in [-0.05, 0) is 33.2 Å². The number of hydrogen-bond donors (Lipinski definition) is 8. The van der Waals surface area contributed by atoms with Gasteiger partial charge in [-0.1, -0.05) is 0 Å². The van der Waals surface area contributed by atoms with Gasteiger partial charge >= 0.3 is 5.69 Å². The molecule has 0 saturated carbocycles. The smallest absolute Gasteiger partial charge is 0.351 e. The molecule has 0 unspecified atom stereocenters. The van der Waals surface area contributed by atoms with Gasteiger partial charge in [-0.25, -0.2) is 19.7 Å². The molecule has 0 bridgehead atoms. The van der Waals surface area contributed by atoms with E-state index in [1.165, 1.54) is 17.1 Å². The Morgan fingerprint density at radius 3 is 2.15 bits per heavy atom. The van der Waals surface area contributed by atoms with Crippen LogP contribution in [0.3, 0.4) is 0 Å². The van der Waals surface area contributed by atoms with E-state index in [0.717, 1.165) is 4.57 Å². The molecule has 2 aliphatic heterocycles. The second-order valence-electron chi connectivity index (χ2n) is 8.52. The molecule has 8 atom stereocenters. The summed E-state index contributed by atoms with van der Waals surface area (Å²) in [7, 11) is 0. The van der Waals surface area contributed by atoms with Crippen LogP contribution in [-0.2, 0) is 9.47 Å². The van der Waals surface area contributed by atoms with Gasteiger partial charge in [0.2, 0.25) is 5.95 Å². The lowest BCUT2D eigenvalue weighted by Gasteiger charge is -2.17. The number of aliphatic hydroxyl groups is 6. The van der Waals surface area contributed by atoms with Crippen LogP contribution in [0.4, 0.5) is 17.6 Å². The zero-order valence-electron chi connectivity index (χ0n) is 20.2. The molecule has 216 valence electrons. The first-order valence-corrected chi connectivity index (χ1v) is 12.4. The molecule has 21 heteroatoms. The number of fused-ring (bicyclic) bond motifs is 1. The summed E-state index contributed by atoms with van der Waals surface area (Å²) in [6.07, 6.45) is -6.88. The molecule has 2 aliphatic rings. The number of nitrogens with two attached hydrogens (primary N) is 2. The Hall–Kier alpha value is -3.25. The molecule has 0 amide bonds. The van der Waals surface area contributed by atoms with Gasteiger partial charge in [0.25, 0.3) is 0 Å². The highest BCUT2D eigenvalue weighted by molar-refractivity contribution is 14.1. The van der Waals surface area contributed by atoms with Crippen LogP contribution >= 0.6 is 22.6 Å². The number of aromatic nitrogens is 6. The normalized spacial score (nSPS) is 29.7. The Balaban J connectivity index is 0.000000189. The van der Waals surface area contributed by atoms with Crippen molar-refractivity contribution in [3.63, 3.8) is 0 Å². The van der Waals surface area contributed by atoms with E-state index < -0.39 is 68.0 Å². The zero-order valence-corrected chi connectivity index (χ0v) is 22.3. The fourth-order valence-corrected chi connectivity index (χ4v) is 4.52. The van der Waals surface area contributed by atoms with Crippen LogP contribution in [-0.4, -0.2) is 110 Å². The predicted octanol–water partition coefficient (Wildman–Crippen LogP) is -3.00. The maximum absolute atomic E-state index is 11.7. The molecule has 5 heterocycles. The molecular weight excluding hydrogens is 653 g/mol. The molecular formula is C19H24IN11O9. The van der Waals surface area contributed by atoms with Crippen molar-refractivity contribution in [2.45, 2.75) is 49.1 Å². The average Bonchev–Trinajstić information content (AvgIpc) is 3.54. The summed E-state index contributed by atoms with van der Waals surface area (Å²) in [5, 5.41) is 60.9. The first kappa shape index (κ1) is 29.7. The molecule has 0 radical (unpaired) electrons. The Morgan fingerprint density at radius 2 is 1.57 bits per heavy atom. The monoisotopic (exact) mass is 677 g/mol. The van der Waals surface area contributed by atoms with Crippen LogP contribution in [0.1, 0.15) is 12.5 Å². The number of aliphatic hydroxyl groups excluding tert-OH is 6. The highest BCUT2D eigenvalue weighted by Crippen LogP contribution is 2.36. The van der Waals surface area contributed by atoms with E-state index in [-0.39, 0.29) is 28.7 Å². The maximum atomic E-state index is 11.7. The third-order valence-electron chi connectivity index (χ3n) is 6.12. The van der Waals surface area contributed by atoms with E-state index in [1.54, 1.807) is 0 Å². The third kappa shape index (κ3) is 5.38. The SMILES string of the molecule is Nc1nc(=O)n([C@@H]2O[C@H](CO)[C@@H](O)[C@H]2O)cc1I.[N-]=[N+]=Nc1nc2c(N)ncnc2n1[C@@H]1O[C@H](CO)[C@@H](O)[C@H]1O. The Labute approximate surface area is 236 Å². The lowest BCUT2D eigenvalue weighted by Crippen LogP contribution is -2.36. The lowest BCUT2D eigenvalue weighted by atomic mass is 10.1. The minimum Gasteiger partial charge on any atom is -0.394 e. The third-order valence-corrected chi connectivity index (χ3v) is 6.95. The second kappa shape index (κ2) is 12.1. The first-order valence-electron chi connectivity index (χ1n) is 11.4. The van der Waals surface area contributed by atoms with Crippen molar-refractivity contribution < 1.29 is 40.1 Å². The quantitative estimate of drug-likeness (QED) is 0.0578. The highest BCUT2D eigenvalue weighted by atomic mass is 127. The van der Waals surface area contributed by atoms with Gasteiger partial charge in [0, 0.05) is 11.1 Å². The second-order valence-corrected chi connectivity index (χ2v) is 9.69. The fraction of sp³-hybridized carbons (Fsp3) is 0.526. The molecule has 0 spiro atoms. The standard InChI is InChI=1S/C10H12N8O4.C9H12IN3O5/c11-7-4-8(14-2-13-7)18(10(15-4)16-17-12)9-6(21)5(20)3(1-19)22-9;10-3-1-13(9(17)12-7(3)11)8-6(16)5(15)4(2-14)18-8/h2-3,5-6,9,19-21H,1H2,(H2,11,13,14);1,4-6,8,14-16H,2H2,(H2,11,12,17)/t3-,5-,6-,9-;4-,5-,6-,8-/m11/s1. The van der Waals surface area contributed by atoms with Gasteiger partial charge in [-0.2, -0.15) is 4.98 Å². The van der Waals surface area contributed by atoms with Crippen LogP contribution in [0.25, 0.3) is 21.6 Å². The molecule has 20 nitrogen and oxygen atoms in total. The van der Waals surface area contributed by atoms with Crippen LogP contribution in [0.15, 0.2) is 22.4 Å². The van der Waals surface area contributed by atoms with Crippen molar-refractivity contribution in [1.29, 1.82) is 0 Å². The van der Waals surface area contributed by atoms with Crippen molar-refractivity contribution in [2.75, 3.05) is 24.7 Å². The van der Waals surface area contributed by atoms with E-state index in [0.29, 0.717) is 3.57 Å². The summed E-state index contributed by atoms with van der Waals surface area (Å²) in [6, 6.07) is 0. The Kier molecular flexibility index (Phi) is 8.99. The largest absolute Gasteiger partial charge is 0.394 e. The minimum atomic E-state index is -1.38. The van der Waals surface area contributed by atoms with Crippen molar-refractivity contribution in [3.05, 3.63) is 37.0 Å². The van der Waals surface area contributed by atoms with Gasteiger partial charge in [-0.3, -0.25) is 9.13 Å². The number of imidazole rings is 1. The van der Waals surface area contributed by atoms with E-state index in [1.807, 2.05) is 22.6 Å². The van der Waals surface area contributed by atoms with E-state index in [9.17, 15) is 25.2 Å². The number of ether oxygens (including phenoxy) is 2. The summed E-state index contributed by atoms with van der Waals surface area (Å²) in [6.45, 7) is -0.946. The van der Waals surface area contributed by atoms with E-state index in [2.05, 4.69) is 30.0 Å². The van der Waals surface area contributed by atoms with Gasteiger partial charge in [0.15, 0.2) is 29.4 Å². The summed E-state index contributed by atoms with van der Waals surface area (Å²) in [4.78, 5) is 29.7. The molecule has 10 N–H and O–H groups in total. The summed E-state index contributed by atoms with van der Waals surface area (Å²) in [5.74, 6) is -0.00647. The zero-order chi connectivity index (χ0) is 29.3. The molecule has 40 heavy (non-hydrogen) atoms. The lowest BCUT2D eigenvalue weighted by molar-refractivity contribution is -0.0550. The molecule has 2 saturated heterocycles. The van der Waals surface area contributed by atoms with Crippen molar-refractivity contribution in [1.82, 2.24) is 29.1 Å². The van der Waals surface area contributed by atoms with Crippen molar-refractivity contribution >= 4 is 51.3 Å². The molecule has 0 aliphatic carbocycles. The highest BCUT2D eigenvalue weighted by Gasteiger charge is 2.45. The van der Waals surface area contributed by atoms with Crippen LogP contribution < -0.4 is 17.2 Å². The number of nitrogen functional groups attached to an aromatic ring is 2. The number of anilines is 2. The van der Waals surface area contributed by atoms with Gasteiger partial charge in [0.05, 0.1) is 16.8 Å². The maximum Gasteiger partial charge on any atom is 0.351 e. The molecule has 0 aromatic carbocycles. The van der Waals surface area contributed by atoms with Gasteiger partial charge < -0.3 is 51.6 Å². The van der Waals surface area contributed by atoms with Crippen molar-refractivity contribution in [2.24, 2.45) is 5.11 Å². The first-order chi connectivity index (χ1) is 19.0. The molecule has 3 aromatic heterocycles. The van der Waals surface area contributed by atoms with E-state index in [4.69, 9.17) is 36.7 Å². The summed E-state index contributed by atoms with van der Waals surface area (Å²) in [5.41, 5.74) is 19.5. The number of azide groups is 1. The Morgan fingerprint density at radius 1 is 0.975 bits per heavy atom. The summed E-state index contributed by atoms with van der Waals surface area (Å²) < 4.78 is 13.4. The molecule has 2 fully saturated rings. The van der Waals surface area contributed by atoms with E-state index >= 15 is 0 Å². The van der Waals surface area contributed by atoms with Crippen LogP contribution in [0.2, 0.25) is 0 Å². The summed E-state index contributed by atoms with van der Waals surface area (Å²) >= 11 is 1.88. The molecule has 3 aromatic rings. The van der Waals surface area contributed by atoms with Crippen LogP contribution in [0.5, 0.6) is 0 Å². The average molecular weight is 677 g/mol. The fourth-order valence-electron chi connectivity index (χ4n) is 4.10. The predicted molar refractivity (Wildman–Crippen MR) is 140 cm³/mol. The van der Waals surface area contributed by atoms with Crippen molar-refractivity contribution in [3.8, 4) is 0 Å². The minimum absolute atomic E-state index is 0.0601. The van der Waals surface area contributed by atoms with Gasteiger partial charge in [-0.15, -0.1) is 0 Å². The molecule has 5 rings (SSSR count). The Bertz CT molecular complexity index is 1480. The van der Waals surface area contributed by atoms with Crippen LogP contribution in [0, 0.1) is 3.57 Å².